The zero-order valence-electron chi connectivity index (χ0n) is 9.82. The second-order valence-corrected chi connectivity index (χ2v) is 4.43. The Labute approximate surface area is 99.9 Å². The second kappa shape index (κ2) is 4.84. The van der Waals surface area contributed by atoms with E-state index in [-0.39, 0.29) is 5.78 Å². The molecule has 3 nitrogen and oxygen atoms in total. The fraction of sp³-hybridized carbons (Fsp3) is 0.462. The van der Waals surface area contributed by atoms with Crippen molar-refractivity contribution in [3.05, 3.63) is 29.6 Å². The predicted octanol–water partition coefficient (Wildman–Crippen LogP) is 1.99. The maximum Gasteiger partial charge on any atom is 0.161 e. The van der Waals surface area contributed by atoms with Gasteiger partial charge in [0.25, 0.3) is 0 Å². The standard InChI is InChI=1S/C13H16FNO2/c1-9(16)11-5-2-6-12(14)13(11)15-7-3-4-10(17)8-15/h2,5-6,10,17H,3-4,7-8H2,1H3. The summed E-state index contributed by atoms with van der Waals surface area (Å²) in [5, 5.41) is 9.61. The van der Waals surface area contributed by atoms with Crippen LogP contribution in [0.4, 0.5) is 10.1 Å². The fourth-order valence-corrected chi connectivity index (χ4v) is 2.28. The molecule has 1 aliphatic rings. The van der Waals surface area contributed by atoms with Crippen LogP contribution >= 0.6 is 0 Å². The van der Waals surface area contributed by atoms with Crippen LogP contribution in [-0.2, 0) is 0 Å². The summed E-state index contributed by atoms with van der Waals surface area (Å²) in [6.45, 7) is 2.50. The topological polar surface area (TPSA) is 40.5 Å². The molecule has 4 heteroatoms. The Hall–Kier alpha value is -1.42. The van der Waals surface area contributed by atoms with Crippen molar-refractivity contribution < 1.29 is 14.3 Å². The quantitative estimate of drug-likeness (QED) is 0.800. The SMILES string of the molecule is CC(=O)c1cccc(F)c1N1CCCC(O)C1. The highest BCUT2D eigenvalue weighted by molar-refractivity contribution is 5.99. The summed E-state index contributed by atoms with van der Waals surface area (Å²) >= 11 is 0. The number of carbonyl (C=O) groups excluding carboxylic acids is 1. The maximum absolute atomic E-state index is 13.8. The number of piperidine rings is 1. The van der Waals surface area contributed by atoms with Gasteiger partial charge < -0.3 is 10.0 Å². The van der Waals surface area contributed by atoms with Crippen molar-refractivity contribution in [1.82, 2.24) is 0 Å². The smallest absolute Gasteiger partial charge is 0.161 e. The van der Waals surface area contributed by atoms with E-state index in [4.69, 9.17) is 0 Å². The molecule has 1 unspecified atom stereocenters. The summed E-state index contributed by atoms with van der Waals surface area (Å²) in [5.74, 6) is -0.550. The molecule has 1 saturated heterocycles. The number of Topliss-reactive ketones (excluding diaryl/α,β-unsaturated/α-hetero) is 1. The number of carbonyl (C=O) groups is 1. The molecule has 0 aromatic heterocycles. The number of benzene rings is 1. The highest BCUT2D eigenvalue weighted by atomic mass is 19.1. The van der Waals surface area contributed by atoms with Gasteiger partial charge in [0.1, 0.15) is 5.82 Å². The third kappa shape index (κ3) is 2.47. The third-order valence-corrected chi connectivity index (χ3v) is 3.08. The number of aliphatic hydroxyl groups is 1. The minimum atomic E-state index is -0.442. The van der Waals surface area contributed by atoms with Gasteiger partial charge in [0.2, 0.25) is 0 Å². The van der Waals surface area contributed by atoms with Gasteiger partial charge in [0, 0.05) is 18.7 Å². The summed E-state index contributed by atoms with van der Waals surface area (Å²) in [4.78, 5) is 13.3. The molecule has 0 radical (unpaired) electrons. The first-order chi connectivity index (χ1) is 8.09. The Morgan fingerprint density at radius 2 is 2.29 bits per heavy atom. The summed E-state index contributed by atoms with van der Waals surface area (Å²) in [5.41, 5.74) is 0.720. The van der Waals surface area contributed by atoms with Gasteiger partial charge >= 0.3 is 0 Å². The number of hydrogen-bond acceptors (Lipinski definition) is 3. The first kappa shape index (κ1) is 12.0. The molecule has 1 atom stereocenters. The summed E-state index contributed by atoms with van der Waals surface area (Å²) < 4.78 is 13.8. The summed E-state index contributed by atoms with van der Waals surface area (Å²) in [7, 11) is 0. The number of hydrogen-bond donors (Lipinski definition) is 1. The molecule has 0 saturated carbocycles. The van der Waals surface area contributed by atoms with E-state index in [2.05, 4.69) is 0 Å². The number of halogens is 1. The molecule has 1 N–H and O–H groups in total. The Bertz CT molecular complexity index is 433. The van der Waals surface area contributed by atoms with E-state index in [9.17, 15) is 14.3 Å². The van der Waals surface area contributed by atoms with Crippen LogP contribution in [-0.4, -0.2) is 30.1 Å². The van der Waals surface area contributed by atoms with E-state index in [0.717, 1.165) is 12.8 Å². The zero-order valence-corrected chi connectivity index (χ0v) is 9.82. The van der Waals surface area contributed by atoms with Gasteiger partial charge in [-0.05, 0) is 31.9 Å². The van der Waals surface area contributed by atoms with Crippen LogP contribution in [0.2, 0.25) is 0 Å². The highest BCUT2D eigenvalue weighted by Crippen LogP contribution is 2.27. The number of nitrogens with zero attached hydrogens (tertiary/aromatic N) is 1. The molecule has 0 bridgehead atoms. The molecule has 0 amide bonds. The summed E-state index contributed by atoms with van der Waals surface area (Å²) in [6, 6.07) is 4.51. The van der Waals surface area contributed by atoms with E-state index < -0.39 is 11.9 Å². The lowest BCUT2D eigenvalue weighted by Crippen LogP contribution is -2.39. The third-order valence-electron chi connectivity index (χ3n) is 3.08. The lowest BCUT2D eigenvalue weighted by atomic mass is 10.0. The van der Waals surface area contributed by atoms with Crippen molar-refractivity contribution in [3.63, 3.8) is 0 Å². The largest absolute Gasteiger partial charge is 0.391 e. The number of anilines is 1. The van der Waals surface area contributed by atoms with Crippen LogP contribution in [0.5, 0.6) is 0 Å². The number of β-amino-alcohol motifs (C(OH)–C–C–N with tert-alkyl or cyclic N) is 1. The van der Waals surface area contributed by atoms with Crippen molar-refractivity contribution in [2.45, 2.75) is 25.9 Å². The van der Waals surface area contributed by atoms with Crippen LogP contribution in [0, 0.1) is 5.82 Å². The molecule has 92 valence electrons. The van der Waals surface area contributed by atoms with Crippen LogP contribution < -0.4 is 4.90 Å². The van der Waals surface area contributed by atoms with Crippen molar-refractivity contribution >= 4 is 11.5 Å². The average molecular weight is 237 g/mol. The van der Waals surface area contributed by atoms with E-state index in [1.807, 2.05) is 0 Å². The molecular formula is C13H16FNO2. The van der Waals surface area contributed by atoms with Gasteiger partial charge in [-0.25, -0.2) is 4.39 Å². The monoisotopic (exact) mass is 237 g/mol. The molecule has 1 heterocycles. The van der Waals surface area contributed by atoms with Crippen LogP contribution in [0.1, 0.15) is 30.1 Å². The minimum Gasteiger partial charge on any atom is -0.391 e. The average Bonchev–Trinajstić information content (AvgIpc) is 2.28. The molecule has 2 rings (SSSR count). The van der Waals surface area contributed by atoms with Gasteiger partial charge in [-0.15, -0.1) is 0 Å². The number of ketones is 1. The van der Waals surface area contributed by atoms with Gasteiger partial charge in [-0.2, -0.15) is 0 Å². The van der Waals surface area contributed by atoms with Gasteiger partial charge in [0.15, 0.2) is 5.78 Å². The Kier molecular flexibility index (Phi) is 3.43. The lowest BCUT2D eigenvalue weighted by molar-refractivity contribution is 0.101. The first-order valence-electron chi connectivity index (χ1n) is 5.82. The maximum atomic E-state index is 13.8. The number of aliphatic hydroxyl groups excluding tert-OH is 1. The van der Waals surface area contributed by atoms with E-state index in [0.29, 0.717) is 24.3 Å². The first-order valence-corrected chi connectivity index (χ1v) is 5.82. The Morgan fingerprint density at radius 1 is 1.53 bits per heavy atom. The molecule has 1 aromatic rings. The van der Waals surface area contributed by atoms with Crippen molar-refractivity contribution in [2.24, 2.45) is 0 Å². The lowest BCUT2D eigenvalue weighted by Gasteiger charge is -2.33. The van der Waals surface area contributed by atoms with Gasteiger partial charge in [-0.3, -0.25) is 4.79 Å². The molecule has 1 aromatic carbocycles. The fourth-order valence-electron chi connectivity index (χ4n) is 2.28. The van der Waals surface area contributed by atoms with Crippen molar-refractivity contribution in [1.29, 1.82) is 0 Å². The van der Waals surface area contributed by atoms with E-state index in [1.54, 1.807) is 11.0 Å². The molecular weight excluding hydrogens is 221 g/mol. The van der Waals surface area contributed by atoms with Crippen LogP contribution in [0.15, 0.2) is 18.2 Å². The zero-order chi connectivity index (χ0) is 12.4. The molecule has 1 aliphatic heterocycles. The van der Waals surface area contributed by atoms with Crippen LogP contribution in [0.3, 0.4) is 0 Å². The van der Waals surface area contributed by atoms with Gasteiger partial charge in [-0.1, -0.05) is 6.07 Å². The molecule has 1 fully saturated rings. The number of para-hydroxylation sites is 1. The predicted molar refractivity (Wildman–Crippen MR) is 63.9 cm³/mol. The van der Waals surface area contributed by atoms with Crippen molar-refractivity contribution in [2.75, 3.05) is 18.0 Å². The Balaban J connectivity index is 2.39. The molecule has 0 spiro atoms. The van der Waals surface area contributed by atoms with E-state index >= 15 is 0 Å². The Morgan fingerprint density at radius 3 is 2.94 bits per heavy atom. The number of rotatable bonds is 2. The van der Waals surface area contributed by atoms with Gasteiger partial charge in [0.05, 0.1) is 11.8 Å². The molecule has 17 heavy (non-hydrogen) atoms. The minimum absolute atomic E-state index is 0.153. The van der Waals surface area contributed by atoms with Crippen molar-refractivity contribution in [3.8, 4) is 0 Å². The second-order valence-electron chi connectivity index (χ2n) is 4.43. The normalized spacial score (nSPS) is 20.4. The highest BCUT2D eigenvalue weighted by Gasteiger charge is 2.23. The molecule has 0 aliphatic carbocycles. The van der Waals surface area contributed by atoms with Crippen LogP contribution in [0.25, 0.3) is 0 Å². The van der Waals surface area contributed by atoms with E-state index in [1.165, 1.54) is 19.1 Å². The summed E-state index contributed by atoms with van der Waals surface area (Å²) in [6.07, 6.45) is 1.11.